The summed E-state index contributed by atoms with van der Waals surface area (Å²) in [5, 5.41) is 0. The lowest BCUT2D eigenvalue weighted by molar-refractivity contribution is 0.183. The largest absolute Gasteiger partial charge is 0.400 e. The summed E-state index contributed by atoms with van der Waals surface area (Å²) in [5.74, 6) is 0. The van der Waals surface area contributed by atoms with Gasteiger partial charge in [-0.2, -0.15) is 8.42 Å². The van der Waals surface area contributed by atoms with Gasteiger partial charge in [0.1, 0.15) is 0 Å². The first-order valence-electron chi connectivity index (χ1n) is 3.05. The predicted molar refractivity (Wildman–Crippen MR) is 36.8 cm³/mol. The van der Waals surface area contributed by atoms with E-state index in [2.05, 4.69) is 8.37 Å². The van der Waals surface area contributed by atoms with Gasteiger partial charge in [-0.25, -0.2) is 8.37 Å². The monoisotopic (exact) mass is 168 g/mol. The van der Waals surface area contributed by atoms with E-state index in [9.17, 15) is 8.42 Å². The van der Waals surface area contributed by atoms with Crippen molar-refractivity contribution >= 4 is 10.4 Å². The quantitative estimate of drug-likeness (QED) is 0.619. The zero-order valence-corrected chi connectivity index (χ0v) is 7.14. The van der Waals surface area contributed by atoms with Gasteiger partial charge in [0.15, 0.2) is 0 Å². The van der Waals surface area contributed by atoms with Crippen molar-refractivity contribution in [2.24, 2.45) is 0 Å². The third-order valence-electron chi connectivity index (χ3n) is 0.572. The molecule has 10 heavy (non-hydrogen) atoms. The molecule has 0 aliphatic rings. The van der Waals surface area contributed by atoms with Gasteiger partial charge in [0, 0.05) is 0 Å². The van der Waals surface area contributed by atoms with Crippen LogP contribution in [0.4, 0.5) is 0 Å². The number of hydrogen-bond acceptors (Lipinski definition) is 4. The van der Waals surface area contributed by atoms with Crippen LogP contribution in [0.3, 0.4) is 0 Å². The predicted octanol–water partition coefficient (Wildman–Crippen LogP) is 0.693. The Kier molecular flexibility index (Phi) is 3.85. The van der Waals surface area contributed by atoms with Gasteiger partial charge in [0.25, 0.3) is 0 Å². The molecule has 0 aliphatic heterocycles. The minimum Gasteiger partial charge on any atom is -0.248 e. The molecule has 0 saturated heterocycles. The Morgan fingerprint density at radius 2 is 1.90 bits per heavy atom. The summed E-state index contributed by atoms with van der Waals surface area (Å²) in [6, 6.07) is 0. The zero-order chi connectivity index (χ0) is 8.20. The molecule has 62 valence electrons. The molecule has 0 atom stereocenters. The lowest BCUT2D eigenvalue weighted by Crippen LogP contribution is -2.14. The molecule has 0 radical (unpaired) electrons. The van der Waals surface area contributed by atoms with E-state index < -0.39 is 10.4 Å². The normalized spacial score (nSPS) is 12.4. The van der Waals surface area contributed by atoms with Crippen LogP contribution in [0.5, 0.6) is 0 Å². The second kappa shape index (κ2) is 3.90. The highest BCUT2D eigenvalue weighted by Gasteiger charge is 2.11. The van der Waals surface area contributed by atoms with Gasteiger partial charge in [-0.05, 0) is 20.8 Å². The van der Waals surface area contributed by atoms with Gasteiger partial charge in [-0.3, -0.25) is 0 Å². The first kappa shape index (κ1) is 9.87. The molecular weight excluding hydrogens is 156 g/mol. The van der Waals surface area contributed by atoms with E-state index >= 15 is 0 Å². The van der Waals surface area contributed by atoms with E-state index in [1.165, 1.54) is 0 Å². The maximum Gasteiger partial charge on any atom is 0.400 e. The SMILES string of the molecule is CCOS(=O)(=O)OC(C)C. The van der Waals surface area contributed by atoms with E-state index in [0.29, 0.717) is 0 Å². The molecule has 0 unspecified atom stereocenters. The zero-order valence-electron chi connectivity index (χ0n) is 6.33. The fraction of sp³-hybridized carbons (Fsp3) is 1.00. The van der Waals surface area contributed by atoms with Crippen molar-refractivity contribution in [2.45, 2.75) is 26.9 Å². The minimum absolute atomic E-state index is 0.106. The molecule has 0 aliphatic carbocycles. The smallest absolute Gasteiger partial charge is 0.248 e. The van der Waals surface area contributed by atoms with Crippen LogP contribution in [0.2, 0.25) is 0 Å². The van der Waals surface area contributed by atoms with E-state index in [-0.39, 0.29) is 12.7 Å². The second-order valence-corrected chi connectivity index (χ2v) is 3.20. The molecule has 0 aromatic rings. The Labute approximate surface area is 61.5 Å². The molecule has 0 amide bonds. The topological polar surface area (TPSA) is 52.6 Å². The summed E-state index contributed by atoms with van der Waals surface area (Å²) in [5.41, 5.74) is 0. The van der Waals surface area contributed by atoms with E-state index in [1.807, 2.05) is 0 Å². The van der Waals surface area contributed by atoms with E-state index in [0.717, 1.165) is 0 Å². The van der Waals surface area contributed by atoms with Gasteiger partial charge in [0.2, 0.25) is 0 Å². The highest BCUT2D eigenvalue weighted by molar-refractivity contribution is 7.81. The Morgan fingerprint density at radius 3 is 2.20 bits per heavy atom. The summed E-state index contributed by atoms with van der Waals surface area (Å²) in [6.45, 7) is 4.93. The average molecular weight is 168 g/mol. The van der Waals surface area contributed by atoms with Crippen molar-refractivity contribution < 1.29 is 16.8 Å². The number of rotatable bonds is 4. The van der Waals surface area contributed by atoms with Gasteiger partial charge >= 0.3 is 10.4 Å². The molecule has 0 rings (SSSR count). The van der Waals surface area contributed by atoms with Crippen LogP contribution in [0.25, 0.3) is 0 Å². The molecule has 0 heterocycles. The Bertz CT molecular complexity index is 170. The van der Waals surface area contributed by atoms with Crippen LogP contribution >= 0.6 is 0 Å². The standard InChI is InChI=1S/C5H12O4S/c1-4-8-10(6,7)9-5(2)3/h5H,4H2,1-3H3. The van der Waals surface area contributed by atoms with Crippen molar-refractivity contribution in [3.8, 4) is 0 Å². The Hall–Kier alpha value is -0.130. The van der Waals surface area contributed by atoms with Crippen molar-refractivity contribution in [2.75, 3.05) is 6.61 Å². The molecule has 0 N–H and O–H groups in total. The first-order chi connectivity index (χ1) is 4.48. The highest BCUT2D eigenvalue weighted by atomic mass is 32.3. The van der Waals surface area contributed by atoms with Crippen molar-refractivity contribution in [3.63, 3.8) is 0 Å². The highest BCUT2D eigenvalue weighted by Crippen LogP contribution is 1.99. The summed E-state index contributed by atoms with van der Waals surface area (Å²) >= 11 is 0. The third-order valence-corrected chi connectivity index (χ3v) is 1.72. The Balaban J connectivity index is 3.89. The first-order valence-corrected chi connectivity index (χ1v) is 4.39. The third kappa shape index (κ3) is 4.72. The number of hydrogen-bond donors (Lipinski definition) is 0. The van der Waals surface area contributed by atoms with E-state index in [4.69, 9.17) is 0 Å². The maximum absolute atomic E-state index is 10.6. The van der Waals surface area contributed by atoms with Crippen LogP contribution in [0, 0.1) is 0 Å². The van der Waals surface area contributed by atoms with Crippen LogP contribution < -0.4 is 0 Å². The molecule has 5 heteroatoms. The molecule has 0 fully saturated rings. The maximum atomic E-state index is 10.6. The molecule has 0 saturated carbocycles. The fourth-order valence-corrected chi connectivity index (χ4v) is 1.22. The lowest BCUT2D eigenvalue weighted by Gasteiger charge is -2.05. The van der Waals surface area contributed by atoms with Crippen molar-refractivity contribution in [1.29, 1.82) is 0 Å². The molecule has 4 nitrogen and oxygen atoms in total. The average Bonchev–Trinajstić information content (AvgIpc) is 1.59. The summed E-state index contributed by atoms with van der Waals surface area (Å²) in [7, 11) is -3.73. The summed E-state index contributed by atoms with van der Waals surface area (Å²) in [4.78, 5) is 0. The van der Waals surface area contributed by atoms with Gasteiger partial charge in [-0.15, -0.1) is 0 Å². The summed E-state index contributed by atoms with van der Waals surface area (Å²) in [6.07, 6.45) is -0.364. The van der Waals surface area contributed by atoms with Crippen LogP contribution in [-0.4, -0.2) is 21.1 Å². The van der Waals surface area contributed by atoms with Crippen LogP contribution in [0.15, 0.2) is 0 Å². The minimum atomic E-state index is -3.73. The molecule has 0 spiro atoms. The second-order valence-electron chi connectivity index (χ2n) is 1.96. The molecular formula is C5H12O4S. The lowest BCUT2D eigenvalue weighted by atomic mass is 10.5. The molecule has 0 aromatic heterocycles. The van der Waals surface area contributed by atoms with Gasteiger partial charge in [0.05, 0.1) is 12.7 Å². The fourth-order valence-electron chi connectivity index (χ4n) is 0.408. The van der Waals surface area contributed by atoms with Crippen molar-refractivity contribution in [1.82, 2.24) is 0 Å². The summed E-state index contributed by atoms with van der Waals surface area (Å²) < 4.78 is 29.9. The van der Waals surface area contributed by atoms with Gasteiger partial charge in [-0.1, -0.05) is 0 Å². The van der Waals surface area contributed by atoms with Crippen LogP contribution in [-0.2, 0) is 18.8 Å². The van der Waals surface area contributed by atoms with E-state index in [1.54, 1.807) is 20.8 Å². The molecule has 0 bridgehead atoms. The van der Waals surface area contributed by atoms with Crippen LogP contribution in [0.1, 0.15) is 20.8 Å². The Morgan fingerprint density at radius 1 is 1.40 bits per heavy atom. The molecule has 0 aromatic carbocycles. The van der Waals surface area contributed by atoms with Crippen molar-refractivity contribution in [3.05, 3.63) is 0 Å². The van der Waals surface area contributed by atoms with Gasteiger partial charge < -0.3 is 0 Å².